The number of hydrogen-bond donors (Lipinski definition) is 1. The first-order chi connectivity index (χ1) is 11.7. The lowest BCUT2D eigenvalue weighted by atomic mass is 9.91. The highest BCUT2D eigenvalue weighted by Crippen LogP contribution is 2.37. The molecule has 5 aromatic carbocycles. The summed E-state index contributed by atoms with van der Waals surface area (Å²) in [5.41, 5.74) is 1.24. The summed E-state index contributed by atoms with van der Waals surface area (Å²) in [6, 6.07) is 25.2. The molecule has 1 N–H and O–H groups in total. The highest BCUT2D eigenvalue weighted by atomic mass is 16.3. The maximum absolute atomic E-state index is 9.78. The van der Waals surface area contributed by atoms with Gasteiger partial charge in [0.15, 0.2) is 0 Å². The Balaban J connectivity index is 2.04. The van der Waals surface area contributed by atoms with Gasteiger partial charge in [0.05, 0.1) is 0 Å². The molecule has 0 atom stereocenters. The molecule has 114 valence electrons. The number of hydrogen-bond acceptors (Lipinski definition) is 1. The molecule has 0 aliphatic heterocycles. The van der Waals surface area contributed by atoms with Gasteiger partial charge in [-0.05, 0) is 67.7 Å². The number of phenolic OH excluding ortho intramolecular Hbond substituents is 1. The van der Waals surface area contributed by atoms with Crippen LogP contribution in [0.1, 0.15) is 5.56 Å². The summed E-state index contributed by atoms with van der Waals surface area (Å²) in [6.07, 6.45) is 0. The molecule has 1 heteroatoms. The molecular weight excluding hydrogens is 292 g/mol. The van der Waals surface area contributed by atoms with Crippen LogP contribution in [0, 0.1) is 6.92 Å². The lowest BCUT2D eigenvalue weighted by molar-refractivity contribution is 0.476. The second kappa shape index (κ2) is 4.72. The monoisotopic (exact) mass is 308 g/mol. The van der Waals surface area contributed by atoms with Gasteiger partial charge in [0.1, 0.15) is 5.75 Å². The molecule has 0 radical (unpaired) electrons. The first kappa shape index (κ1) is 13.4. The molecule has 5 aromatic rings. The van der Waals surface area contributed by atoms with E-state index >= 15 is 0 Å². The smallest absolute Gasteiger partial charge is 0.116 e. The maximum atomic E-state index is 9.78. The third-order valence-corrected chi connectivity index (χ3v) is 5.02. The molecule has 0 spiro atoms. The van der Waals surface area contributed by atoms with Crippen LogP contribution in [-0.4, -0.2) is 5.11 Å². The minimum atomic E-state index is 0.313. The summed E-state index contributed by atoms with van der Waals surface area (Å²) in [5, 5.41) is 19.7. The van der Waals surface area contributed by atoms with Gasteiger partial charge in [0.25, 0.3) is 0 Å². The molecule has 0 aliphatic rings. The number of phenols is 1. The standard InChI is InChI=1S/C23H16O/c1-14-12-16-13-17(24)7-9-19(16)21-11-10-20-18-5-3-2-4-15(18)6-8-22(20)23(14)21/h2-13,24H,1H3. The van der Waals surface area contributed by atoms with Crippen LogP contribution in [0.4, 0.5) is 0 Å². The van der Waals surface area contributed by atoms with E-state index in [0.29, 0.717) is 5.75 Å². The second-order valence-corrected chi connectivity index (χ2v) is 6.47. The van der Waals surface area contributed by atoms with E-state index < -0.39 is 0 Å². The van der Waals surface area contributed by atoms with E-state index in [-0.39, 0.29) is 0 Å². The van der Waals surface area contributed by atoms with Crippen LogP contribution in [0.3, 0.4) is 0 Å². The van der Waals surface area contributed by atoms with Crippen LogP contribution in [-0.2, 0) is 0 Å². The van der Waals surface area contributed by atoms with E-state index in [2.05, 4.69) is 61.5 Å². The number of benzene rings is 5. The average molecular weight is 308 g/mol. The molecule has 5 rings (SSSR count). The Kier molecular flexibility index (Phi) is 2.63. The van der Waals surface area contributed by atoms with E-state index in [1.807, 2.05) is 12.1 Å². The van der Waals surface area contributed by atoms with Gasteiger partial charge in [-0.15, -0.1) is 0 Å². The quantitative estimate of drug-likeness (QED) is 0.332. The van der Waals surface area contributed by atoms with Gasteiger partial charge in [-0.25, -0.2) is 0 Å². The molecule has 24 heavy (non-hydrogen) atoms. The molecule has 0 amide bonds. The summed E-state index contributed by atoms with van der Waals surface area (Å²) in [7, 11) is 0. The van der Waals surface area contributed by atoms with Crippen molar-refractivity contribution < 1.29 is 5.11 Å². The van der Waals surface area contributed by atoms with Crippen molar-refractivity contribution in [2.75, 3.05) is 0 Å². The highest BCUT2D eigenvalue weighted by molar-refractivity contribution is 6.23. The van der Waals surface area contributed by atoms with Crippen molar-refractivity contribution in [3.05, 3.63) is 78.4 Å². The highest BCUT2D eigenvalue weighted by Gasteiger charge is 2.10. The first-order valence-corrected chi connectivity index (χ1v) is 8.19. The molecule has 0 unspecified atom stereocenters. The van der Waals surface area contributed by atoms with Crippen molar-refractivity contribution in [1.29, 1.82) is 0 Å². The molecule has 0 aliphatic carbocycles. The van der Waals surface area contributed by atoms with Gasteiger partial charge in [0, 0.05) is 0 Å². The van der Waals surface area contributed by atoms with Crippen molar-refractivity contribution in [3.8, 4) is 5.75 Å². The Morgan fingerprint density at radius 2 is 1.25 bits per heavy atom. The Morgan fingerprint density at radius 3 is 2.17 bits per heavy atom. The predicted molar refractivity (Wildman–Crippen MR) is 103 cm³/mol. The van der Waals surface area contributed by atoms with Crippen molar-refractivity contribution in [2.24, 2.45) is 0 Å². The molecule has 0 aromatic heterocycles. The molecule has 0 saturated carbocycles. The van der Waals surface area contributed by atoms with Crippen LogP contribution in [0.2, 0.25) is 0 Å². The van der Waals surface area contributed by atoms with Crippen molar-refractivity contribution in [3.63, 3.8) is 0 Å². The third-order valence-electron chi connectivity index (χ3n) is 5.02. The fourth-order valence-electron chi connectivity index (χ4n) is 3.96. The molecule has 0 heterocycles. The summed E-state index contributed by atoms with van der Waals surface area (Å²) in [4.78, 5) is 0. The van der Waals surface area contributed by atoms with Crippen LogP contribution in [0.25, 0.3) is 43.1 Å². The van der Waals surface area contributed by atoms with Gasteiger partial charge in [-0.2, -0.15) is 0 Å². The maximum Gasteiger partial charge on any atom is 0.116 e. The van der Waals surface area contributed by atoms with Crippen LogP contribution < -0.4 is 0 Å². The Bertz CT molecular complexity index is 1270. The second-order valence-electron chi connectivity index (χ2n) is 6.47. The zero-order chi connectivity index (χ0) is 16.3. The Hall–Kier alpha value is -3.06. The van der Waals surface area contributed by atoms with Crippen molar-refractivity contribution in [2.45, 2.75) is 6.92 Å². The summed E-state index contributed by atoms with van der Waals surface area (Å²) in [6.45, 7) is 2.15. The summed E-state index contributed by atoms with van der Waals surface area (Å²) in [5.74, 6) is 0.313. The van der Waals surface area contributed by atoms with E-state index in [1.165, 1.54) is 43.3 Å². The molecule has 0 bridgehead atoms. The van der Waals surface area contributed by atoms with Crippen molar-refractivity contribution in [1.82, 2.24) is 0 Å². The SMILES string of the molecule is Cc1cc2cc(O)ccc2c2ccc3c4ccccc4ccc3c12. The third kappa shape index (κ3) is 1.75. The van der Waals surface area contributed by atoms with Crippen LogP contribution in [0.15, 0.2) is 72.8 Å². The Labute approximate surface area is 139 Å². The number of aryl methyl sites for hydroxylation is 1. The largest absolute Gasteiger partial charge is 0.508 e. The molecule has 0 saturated heterocycles. The fraction of sp³-hybridized carbons (Fsp3) is 0.0435. The zero-order valence-electron chi connectivity index (χ0n) is 13.4. The van der Waals surface area contributed by atoms with Gasteiger partial charge in [-0.1, -0.05) is 60.7 Å². The predicted octanol–water partition coefficient (Wildman–Crippen LogP) is 6.31. The molecular formula is C23H16O. The van der Waals surface area contributed by atoms with Crippen molar-refractivity contribution >= 4 is 43.1 Å². The molecule has 1 nitrogen and oxygen atoms in total. The number of rotatable bonds is 0. The fourth-order valence-corrected chi connectivity index (χ4v) is 3.96. The molecule has 0 fully saturated rings. The van der Waals surface area contributed by atoms with Gasteiger partial charge < -0.3 is 5.11 Å². The van der Waals surface area contributed by atoms with Crippen LogP contribution >= 0.6 is 0 Å². The van der Waals surface area contributed by atoms with Gasteiger partial charge in [-0.3, -0.25) is 0 Å². The summed E-state index contributed by atoms with van der Waals surface area (Å²) < 4.78 is 0. The van der Waals surface area contributed by atoms with E-state index in [4.69, 9.17) is 0 Å². The summed E-state index contributed by atoms with van der Waals surface area (Å²) >= 11 is 0. The van der Waals surface area contributed by atoms with E-state index in [9.17, 15) is 5.11 Å². The lowest BCUT2D eigenvalue weighted by Gasteiger charge is -2.12. The van der Waals surface area contributed by atoms with Gasteiger partial charge >= 0.3 is 0 Å². The zero-order valence-corrected chi connectivity index (χ0v) is 13.4. The van der Waals surface area contributed by atoms with Crippen LogP contribution in [0.5, 0.6) is 5.75 Å². The van der Waals surface area contributed by atoms with Gasteiger partial charge in [0.2, 0.25) is 0 Å². The topological polar surface area (TPSA) is 20.2 Å². The normalized spacial score (nSPS) is 11.7. The Morgan fingerprint density at radius 1 is 0.583 bits per heavy atom. The number of aromatic hydroxyl groups is 1. The average Bonchev–Trinajstić information content (AvgIpc) is 2.60. The lowest BCUT2D eigenvalue weighted by Crippen LogP contribution is -1.86. The first-order valence-electron chi connectivity index (χ1n) is 8.19. The minimum Gasteiger partial charge on any atom is -0.508 e. The van der Waals surface area contributed by atoms with E-state index in [0.717, 1.165) is 5.39 Å². The minimum absolute atomic E-state index is 0.313. The number of fused-ring (bicyclic) bond motifs is 7. The van der Waals surface area contributed by atoms with E-state index in [1.54, 1.807) is 6.07 Å².